The lowest BCUT2D eigenvalue weighted by Crippen LogP contribution is -2.79. The van der Waals surface area contributed by atoms with Crippen molar-refractivity contribution in [2.75, 3.05) is 20.0 Å². The molecule has 4 rings (SSSR count). The van der Waals surface area contributed by atoms with E-state index in [1.807, 2.05) is 0 Å². The monoisotopic (exact) mass is 463 g/mol. The Morgan fingerprint density at radius 2 is 0.824 bits per heavy atom. The minimum Gasteiger partial charge on any atom is -0.494 e. The van der Waals surface area contributed by atoms with Gasteiger partial charge in [-0.25, -0.2) is 0 Å². The third-order valence-electron chi connectivity index (χ3n) is 7.48. The fraction of sp³-hybridized carbons (Fsp3) is 0.556. The molecular weight excluding hydrogens is 419 g/mol. The molecule has 0 aromatic heterocycles. The Morgan fingerprint density at radius 1 is 0.500 bits per heavy atom. The zero-order valence-corrected chi connectivity index (χ0v) is 22.7. The lowest BCUT2D eigenvalue weighted by molar-refractivity contribution is 0.149. The maximum Gasteiger partial charge on any atom is 0.313 e. The fourth-order valence-electron chi connectivity index (χ4n) is 5.17. The molecular formula is C27H44BN6-. The summed E-state index contributed by atoms with van der Waals surface area (Å²) >= 11 is 0. The van der Waals surface area contributed by atoms with Gasteiger partial charge in [-0.1, -0.05) is 30.3 Å². The standard InChI is InChI=1S/C27H44BN6/c1-25(2,3)29-15-18-32(21-29)28(24-13-11-10-12-14-24,33-19-16-30(22-33)26(4,5)6)34-20-17-31(23-34)27(7,8)9/h10-20H,21-23H2,1-9H3/q-1. The third-order valence-corrected chi connectivity index (χ3v) is 7.48. The Kier molecular flexibility index (Phi) is 5.90. The molecule has 0 fully saturated rings. The van der Waals surface area contributed by atoms with E-state index in [0.717, 1.165) is 20.0 Å². The van der Waals surface area contributed by atoms with E-state index in [1.165, 1.54) is 5.46 Å². The number of benzene rings is 1. The van der Waals surface area contributed by atoms with Crippen molar-refractivity contribution >= 4 is 12.0 Å². The topological polar surface area (TPSA) is 19.4 Å². The van der Waals surface area contributed by atoms with Gasteiger partial charge in [0.25, 0.3) is 0 Å². The van der Waals surface area contributed by atoms with Gasteiger partial charge in [0.15, 0.2) is 0 Å². The first-order chi connectivity index (χ1) is 15.7. The number of nitrogens with zero attached hydrogens (tertiary/aromatic N) is 6. The minimum absolute atomic E-state index is 0.0559. The van der Waals surface area contributed by atoms with Crippen LogP contribution in [0.2, 0.25) is 0 Å². The molecule has 0 saturated heterocycles. The zero-order valence-electron chi connectivity index (χ0n) is 22.7. The Bertz CT molecular complexity index is 857. The van der Waals surface area contributed by atoms with E-state index < -0.39 is 6.55 Å². The molecule has 1 aromatic rings. The Hall–Kier alpha value is -2.70. The average Bonchev–Trinajstić information content (AvgIpc) is 3.49. The molecule has 0 aliphatic carbocycles. The van der Waals surface area contributed by atoms with Crippen LogP contribution in [0.5, 0.6) is 0 Å². The van der Waals surface area contributed by atoms with Crippen LogP contribution in [0.4, 0.5) is 0 Å². The third kappa shape index (κ3) is 4.25. The van der Waals surface area contributed by atoms with Gasteiger partial charge in [-0.05, 0) is 80.9 Å². The van der Waals surface area contributed by atoms with E-state index in [2.05, 4.69) is 159 Å². The van der Waals surface area contributed by atoms with E-state index in [9.17, 15) is 0 Å². The second-order valence-electron chi connectivity index (χ2n) is 12.9. The predicted molar refractivity (Wildman–Crippen MR) is 144 cm³/mol. The summed E-state index contributed by atoms with van der Waals surface area (Å²) in [5.74, 6) is 0. The van der Waals surface area contributed by atoms with Crippen LogP contribution in [0.25, 0.3) is 0 Å². The van der Waals surface area contributed by atoms with Crippen LogP contribution in [0, 0.1) is 0 Å². The van der Waals surface area contributed by atoms with E-state index >= 15 is 0 Å². The minimum atomic E-state index is -1.46. The first-order valence-electron chi connectivity index (χ1n) is 12.6. The Morgan fingerprint density at radius 3 is 1.09 bits per heavy atom. The van der Waals surface area contributed by atoms with Crippen LogP contribution < -0.4 is 5.46 Å². The van der Waals surface area contributed by atoms with Gasteiger partial charge in [-0.3, -0.25) is 0 Å². The predicted octanol–water partition coefficient (Wildman–Crippen LogP) is 4.37. The maximum atomic E-state index is 2.56. The van der Waals surface area contributed by atoms with Gasteiger partial charge >= 0.3 is 6.55 Å². The molecule has 0 N–H and O–H groups in total. The highest BCUT2D eigenvalue weighted by Crippen LogP contribution is 2.34. The van der Waals surface area contributed by atoms with Crippen LogP contribution in [0.1, 0.15) is 62.3 Å². The molecule has 0 spiro atoms. The summed E-state index contributed by atoms with van der Waals surface area (Å²) in [6.07, 6.45) is 13.7. The summed E-state index contributed by atoms with van der Waals surface area (Å²) < 4.78 is 0. The van der Waals surface area contributed by atoms with E-state index in [0.29, 0.717) is 0 Å². The Balaban J connectivity index is 1.83. The highest BCUT2D eigenvalue weighted by molar-refractivity contribution is 6.85. The van der Waals surface area contributed by atoms with Gasteiger partial charge in [-0.2, -0.15) is 0 Å². The van der Waals surface area contributed by atoms with Gasteiger partial charge in [0, 0.05) is 35.2 Å². The van der Waals surface area contributed by atoms with Crippen molar-refractivity contribution in [3.8, 4) is 0 Å². The summed E-state index contributed by atoms with van der Waals surface area (Å²) in [6.45, 7) is 21.6. The van der Waals surface area contributed by atoms with Crippen molar-refractivity contribution in [1.29, 1.82) is 0 Å². The second kappa shape index (κ2) is 8.21. The molecule has 0 unspecified atom stereocenters. The summed E-state index contributed by atoms with van der Waals surface area (Å²) in [5, 5.41) is 0. The molecule has 0 radical (unpaired) electrons. The van der Waals surface area contributed by atoms with E-state index in [1.54, 1.807) is 0 Å². The van der Waals surface area contributed by atoms with Gasteiger partial charge in [0.2, 0.25) is 0 Å². The van der Waals surface area contributed by atoms with Crippen molar-refractivity contribution in [3.63, 3.8) is 0 Å². The number of hydrogen-bond donors (Lipinski definition) is 0. The quantitative estimate of drug-likeness (QED) is 0.614. The van der Waals surface area contributed by atoms with Gasteiger partial charge < -0.3 is 29.1 Å². The largest absolute Gasteiger partial charge is 0.494 e. The smallest absolute Gasteiger partial charge is 0.313 e. The molecule has 6 nitrogen and oxygen atoms in total. The molecule has 0 saturated carbocycles. The fourth-order valence-corrected chi connectivity index (χ4v) is 5.17. The second-order valence-corrected chi connectivity index (χ2v) is 12.9. The molecule has 3 heterocycles. The lowest BCUT2D eigenvalue weighted by atomic mass is 9.48. The van der Waals surface area contributed by atoms with Crippen molar-refractivity contribution < 1.29 is 0 Å². The number of hydrogen-bond acceptors (Lipinski definition) is 6. The first kappa shape index (κ1) is 24.4. The van der Waals surface area contributed by atoms with Crippen LogP contribution in [-0.2, 0) is 0 Å². The van der Waals surface area contributed by atoms with Crippen molar-refractivity contribution in [2.24, 2.45) is 0 Å². The lowest BCUT2D eigenvalue weighted by Gasteiger charge is -2.62. The normalized spacial score (nSPS) is 19.4. The highest BCUT2D eigenvalue weighted by atomic mass is 15.5. The molecule has 0 atom stereocenters. The SMILES string of the molecule is CC(C)(C)N1C=CN([B-](c2ccccc2)(N2C=CN(C(C)(C)C)C2)N2C=CN(C(C)(C)C)C2)C1. The molecule has 186 valence electrons. The molecule has 1 aromatic carbocycles. The van der Waals surface area contributed by atoms with Gasteiger partial charge in [-0.15, -0.1) is 5.46 Å². The molecule has 34 heavy (non-hydrogen) atoms. The zero-order chi connectivity index (χ0) is 24.9. The highest BCUT2D eigenvalue weighted by Gasteiger charge is 2.47. The van der Waals surface area contributed by atoms with Gasteiger partial charge in [0.05, 0.1) is 20.0 Å². The van der Waals surface area contributed by atoms with Crippen LogP contribution >= 0.6 is 0 Å². The van der Waals surface area contributed by atoms with Crippen LogP contribution in [0.15, 0.2) is 67.5 Å². The average molecular weight is 464 g/mol. The molecule has 7 heteroatoms. The summed E-state index contributed by atoms with van der Waals surface area (Å²) in [7, 11) is 0. The van der Waals surface area contributed by atoms with Gasteiger partial charge in [0.1, 0.15) is 0 Å². The first-order valence-corrected chi connectivity index (χ1v) is 12.6. The van der Waals surface area contributed by atoms with Crippen LogP contribution in [0.3, 0.4) is 0 Å². The van der Waals surface area contributed by atoms with E-state index in [4.69, 9.17) is 0 Å². The Labute approximate surface area is 207 Å². The summed E-state index contributed by atoms with van der Waals surface area (Å²) in [5.41, 5.74) is 1.49. The van der Waals surface area contributed by atoms with Crippen molar-refractivity contribution in [2.45, 2.75) is 78.9 Å². The maximum absolute atomic E-state index is 2.56. The molecule has 0 bridgehead atoms. The molecule has 3 aliphatic rings. The summed E-state index contributed by atoms with van der Waals surface area (Å²) in [4.78, 5) is 15.0. The molecule has 0 amide bonds. The number of rotatable bonds is 4. The van der Waals surface area contributed by atoms with Crippen molar-refractivity contribution in [1.82, 2.24) is 29.1 Å². The molecule has 3 aliphatic heterocycles. The van der Waals surface area contributed by atoms with Crippen LogP contribution in [-0.4, -0.2) is 72.3 Å². The summed E-state index contributed by atoms with van der Waals surface area (Å²) in [6, 6.07) is 11.1. The van der Waals surface area contributed by atoms with E-state index in [-0.39, 0.29) is 16.6 Å². The van der Waals surface area contributed by atoms with Crippen molar-refractivity contribution in [3.05, 3.63) is 67.5 Å².